The summed E-state index contributed by atoms with van der Waals surface area (Å²) in [5.41, 5.74) is 1.33. The van der Waals surface area contributed by atoms with Crippen molar-refractivity contribution in [2.75, 3.05) is 47.4 Å². The lowest BCUT2D eigenvalue weighted by molar-refractivity contribution is 0.0906. The van der Waals surface area contributed by atoms with Gasteiger partial charge in [-0.1, -0.05) is 30.3 Å². The number of likely N-dealkylation sites (N-methyl/N-ethyl adjacent to an activating group) is 1. The van der Waals surface area contributed by atoms with Gasteiger partial charge in [-0.3, -0.25) is 4.99 Å². The summed E-state index contributed by atoms with van der Waals surface area (Å²) in [4.78, 5) is 9.05. The lowest BCUT2D eigenvalue weighted by Gasteiger charge is -2.34. The van der Waals surface area contributed by atoms with E-state index >= 15 is 0 Å². The molecule has 0 aromatic heterocycles. The maximum absolute atomic E-state index is 5.92. The summed E-state index contributed by atoms with van der Waals surface area (Å²) in [5.74, 6) is 1.57. The number of nitrogens with zero attached hydrogens (tertiary/aromatic N) is 3. The molecule has 1 saturated heterocycles. The molecule has 1 heterocycles. The van der Waals surface area contributed by atoms with Crippen LogP contribution in [0.5, 0.6) is 0 Å². The molecule has 0 radical (unpaired) electrons. The van der Waals surface area contributed by atoms with Gasteiger partial charge in [0, 0.05) is 38.1 Å². The van der Waals surface area contributed by atoms with Crippen LogP contribution in [0.15, 0.2) is 35.3 Å². The molecule has 2 rings (SSSR count). The number of benzene rings is 1. The fourth-order valence-electron chi connectivity index (χ4n) is 2.86. The first kappa shape index (κ1) is 19.7. The van der Waals surface area contributed by atoms with E-state index in [1.807, 2.05) is 13.1 Å². The van der Waals surface area contributed by atoms with Gasteiger partial charge in [0.25, 0.3) is 0 Å². The summed E-state index contributed by atoms with van der Waals surface area (Å²) in [6.45, 7) is 8.90. The van der Waals surface area contributed by atoms with Crippen LogP contribution in [0.4, 0.5) is 0 Å². The third-order valence-corrected chi connectivity index (χ3v) is 5.15. The summed E-state index contributed by atoms with van der Waals surface area (Å²) >= 11 is 0. The average molecular weight is 347 g/mol. The predicted molar refractivity (Wildman–Crippen MR) is 105 cm³/mol. The highest BCUT2D eigenvalue weighted by molar-refractivity contribution is 5.80. The zero-order valence-corrected chi connectivity index (χ0v) is 16.5. The largest absolute Gasteiger partial charge is 0.376 e. The van der Waals surface area contributed by atoms with Gasteiger partial charge in [-0.05, 0) is 39.9 Å². The van der Waals surface area contributed by atoms with Crippen LogP contribution < -0.4 is 5.32 Å². The lowest BCUT2D eigenvalue weighted by atomic mass is 10.0. The number of hydrogen-bond acceptors (Lipinski definition) is 3. The Hall–Kier alpha value is -1.59. The molecule has 1 unspecified atom stereocenters. The summed E-state index contributed by atoms with van der Waals surface area (Å²) in [5, 5.41) is 3.53. The quantitative estimate of drug-likeness (QED) is 0.608. The van der Waals surface area contributed by atoms with Crippen LogP contribution in [0, 0.1) is 5.92 Å². The molecule has 0 saturated carbocycles. The van der Waals surface area contributed by atoms with Crippen molar-refractivity contribution in [3.05, 3.63) is 35.9 Å². The van der Waals surface area contributed by atoms with E-state index in [1.54, 1.807) is 0 Å². The van der Waals surface area contributed by atoms with Crippen molar-refractivity contribution in [2.24, 2.45) is 10.9 Å². The van der Waals surface area contributed by atoms with Crippen molar-refractivity contribution in [3.63, 3.8) is 0 Å². The Kier molecular flexibility index (Phi) is 7.26. The van der Waals surface area contributed by atoms with Crippen LogP contribution in [0.25, 0.3) is 0 Å². The minimum atomic E-state index is 0.0911. The van der Waals surface area contributed by atoms with Gasteiger partial charge < -0.3 is 19.9 Å². The van der Waals surface area contributed by atoms with E-state index in [1.165, 1.54) is 5.56 Å². The minimum absolute atomic E-state index is 0.0911. The molecule has 1 atom stereocenters. The maximum Gasteiger partial charge on any atom is 0.193 e. The number of ether oxygens (including phenoxy) is 1. The van der Waals surface area contributed by atoms with Gasteiger partial charge >= 0.3 is 0 Å². The summed E-state index contributed by atoms with van der Waals surface area (Å²) in [6.07, 6.45) is 1.16. The van der Waals surface area contributed by atoms with Crippen LogP contribution in [0.3, 0.4) is 0 Å². The minimum Gasteiger partial charge on any atom is -0.376 e. The Balaban J connectivity index is 1.74. The number of guanidine groups is 1. The molecular formula is C20H34N4O. The van der Waals surface area contributed by atoms with Crippen molar-refractivity contribution < 1.29 is 4.74 Å². The monoisotopic (exact) mass is 346 g/mol. The third kappa shape index (κ3) is 6.01. The van der Waals surface area contributed by atoms with Crippen LogP contribution in [0.2, 0.25) is 0 Å². The lowest BCUT2D eigenvalue weighted by Crippen LogP contribution is -2.51. The zero-order valence-electron chi connectivity index (χ0n) is 16.5. The molecule has 5 heteroatoms. The van der Waals surface area contributed by atoms with Gasteiger partial charge in [0.2, 0.25) is 0 Å². The number of likely N-dealkylation sites (tertiary alicyclic amines) is 1. The van der Waals surface area contributed by atoms with E-state index in [4.69, 9.17) is 4.74 Å². The number of aliphatic imine (C=N–C) groups is 1. The molecule has 0 amide bonds. The summed E-state index contributed by atoms with van der Waals surface area (Å²) < 4.78 is 5.92. The number of nitrogens with one attached hydrogen (secondary N) is 1. The molecule has 140 valence electrons. The molecule has 0 bridgehead atoms. The molecule has 0 spiro atoms. The van der Waals surface area contributed by atoms with E-state index in [0.29, 0.717) is 12.5 Å². The van der Waals surface area contributed by atoms with Crippen molar-refractivity contribution >= 4 is 5.96 Å². The van der Waals surface area contributed by atoms with Gasteiger partial charge in [0.15, 0.2) is 5.96 Å². The van der Waals surface area contributed by atoms with Crippen LogP contribution in [0.1, 0.15) is 25.8 Å². The number of rotatable bonds is 7. The third-order valence-electron chi connectivity index (χ3n) is 5.15. The highest BCUT2D eigenvalue weighted by Crippen LogP contribution is 2.18. The van der Waals surface area contributed by atoms with Gasteiger partial charge in [0.05, 0.1) is 13.2 Å². The first-order valence-corrected chi connectivity index (χ1v) is 9.17. The van der Waals surface area contributed by atoms with E-state index in [9.17, 15) is 0 Å². The van der Waals surface area contributed by atoms with Crippen molar-refractivity contribution in [3.8, 4) is 0 Å². The fourth-order valence-corrected chi connectivity index (χ4v) is 2.86. The second-order valence-electron chi connectivity index (χ2n) is 7.71. The van der Waals surface area contributed by atoms with Crippen molar-refractivity contribution in [2.45, 2.75) is 32.4 Å². The van der Waals surface area contributed by atoms with Gasteiger partial charge in [0.1, 0.15) is 0 Å². The molecule has 0 aliphatic carbocycles. The molecule has 1 N–H and O–H groups in total. The highest BCUT2D eigenvalue weighted by Gasteiger charge is 2.27. The standard InChI is InChI=1S/C20H34N4O/c1-20(2,23(4)5)16-22-19(21-3)24-12-11-18(13-24)15-25-14-17-9-7-6-8-10-17/h6-10,18H,11-16H2,1-5H3,(H,21,22). The van der Waals surface area contributed by atoms with Gasteiger partial charge in [-0.15, -0.1) is 0 Å². The fraction of sp³-hybridized carbons (Fsp3) is 0.650. The molecule has 5 nitrogen and oxygen atoms in total. The van der Waals surface area contributed by atoms with E-state index in [2.05, 4.69) is 72.3 Å². The van der Waals surface area contributed by atoms with E-state index < -0.39 is 0 Å². The second-order valence-corrected chi connectivity index (χ2v) is 7.71. The molecule has 1 aliphatic rings. The molecule has 1 aromatic rings. The predicted octanol–water partition coefficient (Wildman–Crippen LogP) is 2.44. The molecule has 1 aliphatic heterocycles. The SMILES string of the molecule is CN=C(NCC(C)(C)N(C)C)N1CCC(COCc2ccccc2)C1. The molecule has 25 heavy (non-hydrogen) atoms. The Bertz CT molecular complexity index is 542. The van der Waals surface area contributed by atoms with Crippen LogP contribution in [-0.2, 0) is 11.3 Å². The topological polar surface area (TPSA) is 40.1 Å². The zero-order chi connectivity index (χ0) is 18.3. The summed E-state index contributed by atoms with van der Waals surface area (Å²) in [6, 6.07) is 10.4. The Morgan fingerprint density at radius 3 is 2.68 bits per heavy atom. The average Bonchev–Trinajstić information content (AvgIpc) is 3.05. The Morgan fingerprint density at radius 1 is 1.32 bits per heavy atom. The Morgan fingerprint density at radius 2 is 2.04 bits per heavy atom. The smallest absolute Gasteiger partial charge is 0.193 e. The molecular weight excluding hydrogens is 312 g/mol. The van der Waals surface area contributed by atoms with E-state index in [-0.39, 0.29) is 5.54 Å². The molecule has 1 aromatic carbocycles. The van der Waals surface area contributed by atoms with Gasteiger partial charge in [-0.25, -0.2) is 0 Å². The Labute approximate surface area is 153 Å². The molecule has 1 fully saturated rings. The van der Waals surface area contributed by atoms with Gasteiger partial charge in [-0.2, -0.15) is 0 Å². The summed E-state index contributed by atoms with van der Waals surface area (Å²) in [7, 11) is 6.09. The second kappa shape index (κ2) is 9.20. The first-order chi connectivity index (χ1) is 11.9. The van der Waals surface area contributed by atoms with Crippen molar-refractivity contribution in [1.82, 2.24) is 15.1 Å². The normalized spacial score (nSPS) is 18.9. The first-order valence-electron chi connectivity index (χ1n) is 9.17. The maximum atomic E-state index is 5.92. The highest BCUT2D eigenvalue weighted by atomic mass is 16.5. The van der Waals surface area contributed by atoms with E-state index in [0.717, 1.165) is 38.6 Å². The van der Waals surface area contributed by atoms with Crippen LogP contribution >= 0.6 is 0 Å². The number of hydrogen-bond donors (Lipinski definition) is 1. The van der Waals surface area contributed by atoms with Crippen molar-refractivity contribution in [1.29, 1.82) is 0 Å². The van der Waals surface area contributed by atoms with Crippen LogP contribution in [-0.4, -0.2) is 68.7 Å².